The predicted molar refractivity (Wildman–Crippen MR) is 262 cm³/mol. The van der Waals surface area contributed by atoms with Crippen LogP contribution >= 0.6 is 0 Å². The molecule has 62 heavy (non-hydrogen) atoms. The molecule has 0 amide bonds. The molecule has 1 heterocycles. The molecule has 292 valence electrons. The maximum Gasteiger partial charge on any atom is 0.0618 e. The number of benzene rings is 10. The summed E-state index contributed by atoms with van der Waals surface area (Å²) in [5, 5.41) is 2.47. The van der Waals surface area contributed by atoms with Gasteiger partial charge in [-0.3, -0.25) is 0 Å². The van der Waals surface area contributed by atoms with Gasteiger partial charge < -0.3 is 4.90 Å². The average molecular weight is 790 g/mol. The van der Waals surface area contributed by atoms with E-state index in [4.69, 9.17) is 0 Å². The van der Waals surface area contributed by atoms with Crippen LogP contribution < -0.4 is 4.90 Å². The summed E-state index contributed by atoms with van der Waals surface area (Å²) in [4.78, 5) is 2.54. The van der Waals surface area contributed by atoms with Gasteiger partial charge >= 0.3 is 0 Å². The maximum absolute atomic E-state index is 2.54. The second kappa shape index (κ2) is 14.2. The van der Waals surface area contributed by atoms with Crippen molar-refractivity contribution in [2.75, 3.05) is 4.90 Å². The summed E-state index contributed by atoms with van der Waals surface area (Å²) in [6.07, 6.45) is 0. The Kier molecular flexibility index (Phi) is 8.27. The van der Waals surface area contributed by atoms with E-state index in [0.29, 0.717) is 0 Å². The fourth-order valence-corrected chi connectivity index (χ4v) is 10.2. The highest BCUT2D eigenvalue weighted by Crippen LogP contribution is 2.56. The smallest absolute Gasteiger partial charge is 0.0618 e. The summed E-state index contributed by atoms with van der Waals surface area (Å²) in [5.41, 5.74) is 23.5. The van der Waals surface area contributed by atoms with Gasteiger partial charge in [-0.05, 0) is 114 Å². The van der Waals surface area contributed by atoms with Crippen molar-refractivity contribution >= 4 is 27.8 Å². The Morgan fingerprint density at radius 3 is 1.45 bits per heavy atom. The standard InChI is InChI=1S/C61H43N/c1-61(2)57-38-48(45-27-25-44(26-28-45)43-23-21-42(22-24-43)40-13-5-3-6-14-40)31-34-52(57)53-36-32-49(39-58(53)61)62-59-20-12-11-19-54(59)51-33-30-47(41-15-7-4-8-16-41)37-56(51)55-35-29-46-17-9-10-18-50(46)60(55)62/h3-39H,1-2H3. The van der Waals surface area contributed by atoms with Crippen molar-refractivity contribution in [3.63, 3.8) is 0 Å². The van der Waals surface area contributed by atoms with Crippen LogP contribution in [-0.2, 0) is 5.41 Å². The molecule has 2 aliphatic rings. The Hall–Kier alpha value is -7.74. The van der Waals surface area contributed by atoms with Gasteiger partial charge in [-0.15, -0.1) is 0 Å². The minimum Gasteiger partial charge on any atom is -0.309 e. The second-order valence-corrected chi connectivity index (χ2v) is 17.3. The van der Waals surface area contributed by atoms with Crippen LogP contribution in [0.15, 0.2) is 224 Å². The molecule has 1 aliphatic carbocycles. The van der Waals surface area contributed by atoms with Gasteiger partial charge in [0.05, 0.1) is 11.4 Å². The summed E-state index contributed by atoms with van der Waals surface area (Å²) >= 11 is 0. The van der Waals surface area contributed by atoms with E-state index in [2.05, 4.69) is 243 Å². The minimum atomic E-state index is -0.211. The van der Waals surface area contributed by atoms with Crippen LogP contribution in [0.3, 0.4) is 0 Å². The van der Waals surface area contributed by atoms with Crippen LogP contribution in [0.2, 0.25) is 0 Å². The third-order valence-corrected chi connectivity index (χ3v) is 13.4. The number of hydrogen-bond acceptors (Lipinski definition) is 1. The topological polar surface area (TPSA) is 3.24 Å². The van der Waals surface area contributed by atoms with E-state index < -0.39 is 0 Å². The lowest BCUT2D eigenvalue weighted by Gasteiger charge is -2.30. The Morgan fingerprint density at radius 1 is 0.306 bits per heavy atom. The Morgan fingerprint density at radius 2 is 0.774 bits per heavy atom. The number of anilines is 3. The van der Waals surface area contributed by atoms with Crippen molar-refractivity contribution in [1.82, 2.24) is 0 Å². The molecule has 1 nitrogen and oxygen atoms in total. The van der Waals surface area contributed by atoms with Gasteiger partial charge in [0.25, 0.3) is 0 Å². The molecule has 1 aliphatic heterocycles. The number of para-hydroxylation sites is 1. The molecule has 0 saturated carbocycles. The first-order valence-electron chi connectivity index (χ1n) is 21.7. The number of nitrogens with zero attached hydrogens (tertiary/aromatic N) is 1. The molecule has 1 heteroatoms. The lowest BCUT2D eigenvalue weighted by atomic mass is 9.81. The number of hydrogen-bond donors (Lipinski definition) is 0. The van der Waals surface area contributed by atoms with Gasteiger partial charge in [0.1, 0.15) is 0 Å². The van der Waals surface area contributed by atoms with Crippen LogP contribution in [-0.4, -0.2) is 0 Å². The minimum absolute atomic E-state index is 0.211. The molecule has 0 aromatic heterocycles. The van der Waals surface area contributed by atoms with Crippen molar-refractivity contribution < 1.29 is 0 Å². The number of fused-ring (bicyclic) bond motifs is 10. The molecule has 0 fully saturated rings. The zero-order chi connectivity index (χ0) is 41.4. The van der Waals surface area contributed by atoms with Crippen molar-refractivity contribution in [3.05, 3.63) is 236 Å². The highest BCUT2D eigenvalue weighted by molar-refractivity contribution is 6.12. The molecule has 10 aromatic rings. The molecule has 0 saturated heterocycles. The molecular formula is C61H43N. The van der Waals surface area contributed by atoms with E-state index in [1.165, 1.54) is 117 Å². The Labute approximate surface area is 363 Å². The molecule has 0 bridgehead atoms. The van der Waals surface area contributed by atoms with E-state index in [9.17, 15) is 0 Å². The zero-order valence-corrected chi connectivity index (χ0v) is 34.8. The van der Waals surface area contributed by atoms with Gasteiger partial charge in [-0.2, -0.15) is 0 Å². The summed E-state index contributed by atoms with van der Waals surface area (Å²) in [5.74, 6) is 0. The zero-order valence-electron chi connectivity index (χ0n) is 34.8. The lowest BCUT2D eigenvalue weighted by molar-refractivity contribution is 0.660. The fraction of sp³-hybridized carbons (Fsp3) is 0.0492. The molecule has 12 rings (SSSR count). The van der Waals surface area contributed by atoms with E-state index in [0.717, 1.165) is 0 Å². The first kappa shape index (κ1) is 36.1. The van der Waals surface area contributed by atoms with E-state index in [1.54, 1.807) is 0 Å². The summed E-state index contributed by atoms with van der Waals surface area (Å²) in [6.45, 7) is 4.79. The molecule has 0 unspecified atom stereocenters. The third-order valence-electron chi connectivity index (χ3n) is 13.4. The summed E-state index contributed by atoms with van der Waals surface area (Å²) in [6, 6.07) is 83.0. The van der Waals surface area contributed by atoms with Gasteiger partial charge in [0.15, 0.2) is 0 Å². The second-order valence-electron chi connectivity index (χ2n) is 17.3. The van der Waals surface area contributed by atoms with Crippen molar-refractivity contribution in [2.45, 2.75) is 19.3 Å². The normalized spacial score (nSPS) is 13.1. The van der Waals surface area contributed by atoms with E-state index >= 15 is 0 Å². The van der Waals surface area contributed by atoms with Gasteiger partial charge in [0.2, 0.25) is 0 Å². The van der Waals surface area contributed by atoms with Gasteiger partial charge in [0, 0.05) is 27.6 Å². The molecule has 0 radical (unpaired) electrons. The fourth-order valence-electron chi connectivity index (χ4n) is 10.2. The molecule has 0 N–H and O–H groups in total. The summed E-state index contributed by atoms with van der Waals surface area (Å²) < 4.78 is 0. The largest absolute Gasteiger partial charge is 0.309 e. The SMILES string of the molecule is CC1(C)c2cc(-c3ccc(-c4ccc(-c5ccccc5)cc4)cc3)ccc2-c2ccc(N3c4ccccc4-c4ccc(-c5ccccc5)cc4-c4ccc5ccccc5c43)cc21. The lowest BCUT2D eigenvalue weighted by Crippen LogP contribution is -2.17. The highest BCUT2D eigenvalue weighted by atomic mass is 15.2. The third kappa shape index (κ3) is 5.77. The van der Waals surface area contributed by atoms with Crippen molar-refractivity contribution in [3.8, 4) is 77.9 Å². The number of rotatable bonds is 5. The predicted octanol–water partition coefficient (Wildman–Crippen LogP) is 16.9. The van der Waals surface area contributed by atoms with Crippen LogP contribution in [0.25, 0.3) is 88.7 Å². The van der Waals surface area contributed by atoms with Gasteiger partial charge in [-0.25, -0.2) is 0 Å². The van der Waals surface area contributed by atoms with Crippen molar-refractivity contribution in [1.29, 1.82) is 0 Å². The van der Waals surface area contributed by atoms with Crippen molar-refractivity contribution in [2.24, 2.45) is 0 Å². The van der Waals surface area contributed by atoms with Crippen LogP contribution in [0.1, 0.15) is 25.0 Å². The Balaban J connectivity index is 0.941. The first-order chi connectivity index (χ1) is 30.5. The molecular weight excluding hydrogens is 747 g/mol. The monoisotopic (exact) mass is 789 g/mol. The van der Waals surface area contributed by atoms with E-state index in [-0.39, 0.29) is 5.41 Å². The quantitative estimate of drug-likeness (QED) is 0.168. The maximum atomic E-state index is 2.54. The molecule has 10 aromatic carbocycles. The molecule has 0 atom stereocenters. The van der Waals surface area contributed by atoms with Gasteiger partial charge in [-0.1, -0.05) is 208 Å². The average Bonchev–Trinajstić information content (AvgIpc) is 3.48. The summed E-state index contributed by atoms with van der Waals surface area (Å²) in [7, 11) is 0. The Bertz CT molecular complexity index is 3340. The van der Waals surface area contributed by atoms with Crippen LogP contribution in [0, 0.1) is 0 Å². The van der Waals surface area contributed by atoms with E-state index in [1.807, 2.05) is 0 Å². The molecule has 0 spiro atoms. The first-order valence-corrected chi connectivity index (χ1v) is 21.7. The van der Waals surface area contributed by atoms with Crippen LogP contribution in [0.5, 0.6) is 0 Å². The van der Waals surface area contributed by atoms with Crippen LogP contribution in [0.4, 0.5) is 17.1 Å². The highest BCUT2D eigenvalue weighted by Gasteiger charge is 2.37.